The van der Waals surface area contributed by atoms with Crippen molar-refractivity contribution in [1.29, 1.82) is 0 Å². The quantitative estimate of drug-likeness (QED) is 0.834. The van der Waals surface area contributed by atoms with Crippen molar-refractivity contribution >= 4 is 5.84 Å². The van der Waals surface area contributed by atoms with Crippen LogP contribution in [-0.2, 0) is 0 Å². The molecule has 1 aromatic carbocycles. The van der Waals surface area contributed by atoms with Crippen LogP contribution in [0.1, 0.15) is 12.5 Å². The second kappa shape index (κ2) is 4.61. The van der Waals surface area contributed by atoms with Gasteiger partial charge in [-0.25, -0.2) is 4.39 Å². The molecule has 2 N–H and O–H groups in total. The standard InChI is InChI=1S/C12H16FN3/c1-9(14)8-16-6-5-15-12(16)10-3-2-4-11(13)7-10/h2-4,7,9H,5-6,8,14H2,1H3. The van der Waals surface area contributed by atoms with Crippen LogP contribution in [0.3, 0.4) is 0 Å². The van der Waals surface area contributed by atoms with Crippen molar-refractivity contribution in [2.45, 2.75) is 13.0 Å². The third kappa shape index (κ3) is 2.39. The molecule has 1 heterocycles. The van der Waals surface area contributed by atoms with Crippen LogP contribution in [0, 0.1) is 5.82 Å². The molecule has 4 heteroatoms. The largest absolute Gasteiger partial charge is 0.353 e. The first-order chi connectivity index (χ1) is 7.66. The van der Waals surface area contributed by atoms with E-state index in [2.05, 4.69) is 9.89 Å². The van der Waals surface area contributed by atoms with Crippen molar-refractivity contribution in [1.82, 2.24) is 4.90 Å². The molecule has 0 fully saturated rings. The van der Waals surface area contributed by atoms with Crippen LogP contribution in [0.5, 0.6) is 0 Å². The summed E-state index contributed by atoms with van der Waals surface area (Å²) in [6.45, 7) is 4.35. The fraction of sp³-hybridized carbons (Fsp3) is 0.417. The van der Waals surface area contributed by atoms with Gasteiger partial charge < -0.3 is 10.6 Å². The van der Waals surface area contributed by atoms with E-state index >= 15 is 0 Å². The molecule has 0 amide bonds. The number of halogens is 1. The van der Waals surface area contributed by atoms with Crippen LogP contribution in [-0.4, -0.2) is 36.4 Å². The number of rotatable bonds is 3. The molecule has 16 heavy (non-hydrogen) atoms. The van der Waals surface area contributed by atoms with E-state index in [0.29, 0.717) is 0 Å². The Hall–Kier alpha value is -1.42. The summed E-state index contributed by atoms with van der Waals surface area (Å²) in [4.78, 5) is 6.51. The van der Waals surface area contributed by atoms with Gasteiger partial charge in [0.05, 0.1) is 6.54 Å². The molecule has 86 valence electrons. The first-order valence-corrected chi connectivity index (χ1v) is 5.48. The topological polar surface area (TPSA) is 41.6 Å². The summed E-state index contributed by atoms with van der Waals surface area (Å²) in [6.07, 6.45) is 0. The van der Waals surface area contributed by atoms with E-state index in [1.54, 1.807) is 6.07 Å². The van der Waals surface area contributed by atoms with E-state index < -0.39 is 0 Å². The molecule has 1 aliphatic rings. The molecular weight excluding hydrogens is 205 g/mol. The van der Waals surface area contributed by atoms with Crippen molar-refractivity contribution in [3.05, 3.63) is 35.6 Å². The number of nitrogens with zero attached hydrogens (tertiary/aromatic N) is 2. The number of amidine groups is 1. The van der Waals surface area contributed by atoms with Crippen LogP contribution >= 0.6 is 0 Å². The summed E-state index contributed by atoms with van der Waals surface area (Å²) in [7, 11) is 0. The summed E-state index contributed by atoms with van der Waals surface area (Å²) in [5, 5.41) is 0. The van der Waals surface area contributed by atoms with Crippen LogP contribution in [0.25, 0.3) is 0 Å². The van der Waals surface area contributed by atoms with Crippen LogP contribution in [0.15, 0.2) is 29.3 Å². The van der Waals surface area contributed by atoms with Gasteiger partial charge >= 0.3 is 0 Å². The zero-order chi connectivity index (χ0) is 11.5. The summed E-state index contributed by atoms with van der Waals surface area (Å²) in [5.41, 5.74) is 6.60. The third-order valence-corrected chi connectivity index (χ3v) is 2.52. The lowest BCUT2D eigenvalue weighted by molar-refractivity contribution is 0.426. The van der Waals surface area contributed by atoms with Gasteiger partial charge in [0, 0.05) is 24.7 Å². The molecule has 0 radical (unpaired) electrons. The van der Waals surface area contributed by atoms with Gasteiger partial charge in [-0.15, -0.1) is 0 Å². The molecule has 1 aromatic rings. The SMILES string of the molecule is CC(N)CN1CCN=C1c1cccc(F)c1. The van der Waals surface area contributed by atoms with Crippen LogP contribution in [0.2, 0.25) is 0 Å². The highest BCUT2D eigenvalue weighted by molar-refractivity contribution is 5.99. The van der Waals surface area contributed by atoms with Crippen molar-refractivity contribution in [2.24, 2.45) is 10.7 Å². The molecule has 1 aliphatic heterocycles. The molecular formula is C12H16FN3. The second-order valence-electron chi connectivity index (χ2n) is 4.14. The van der Waals surface area contributed by atoms with E-state index in [4.69, 9.17) is 5.73 Å². The number of aliphatic imine (C=N–C) groups is 1. The molecule has 0 saturated carbocycles. The first-order valence-electron chi connectivity index (χ1n) is 5.48. The van der Waals surface area contributed by atoms with E-state index in [0.717, 1.165) is 31.0 Å². The highest BCUT2D eigenvalue weighted by atomic mass is 19.1. The average molecular weight is 221 g/mol. The van der Waals surface area contributed by atoms with E-state index in [1.807, 2.05) is 13.0 Å². The predicted octanol–water partition coefficient (Wildman–Crippen LogP) is 1.24. The molecule has 0 aromatic heterocycles. The lowest BCUT2D eigenvalue weighted by atomic mass is 10.2. The zero-order valence-corrected chi connectivity index (χ0v) is 9.36. The van der Waals surface area contributed by atoms with Gasteiger partial charge in [-0.05, 0) is 19.1 Å². The molecule has 0 spiro atoms. The fourth-order valence-corrected chi connectivity index (χ4v) is 1.91. The number of nitrogens with two attached hydrogens (primary N) is 1. The Balaban J connectivity index is 2.20. The normalized spacial score (nSPS) is 17.4. The van der Waals surface area contributed by atoms with E-state index in [-0.39, 0.29) is 11.9 Å². The lowest BCUT2D eigenvalue weighted by Crippen LogP contribution is -2.38. The Morgan fingerprint density at radius 3 is 3.06 bits per heavy atom. The van der Waals surface area contributed by atoms with Crippen molar-refractivity contribution in [3.8, 4) is 0 Å². The Bertz CT molecular complexity index is 401. The third-order valence-electron chi connectivity index (χ3n) is 2.52. The predicted molar refractivity (Wildman–Crippen MR) is 63.0 cm³/mol. The van der Waals surface area contributed by atoms with Gasteiger partial charge in [-0.3, -0.25) is 4.99 Å². The molecule has 0 saturated heterocycles. The molecule has 3 nitrogen and oxygen atoms in total. The Labute approximate surface area is 94.8 Å². The molecule has 0 bridgehead atoms. The van der Waals surface area contributed by atoms with Gasteiger partial charge in [0.25, 0.3) is 0 Å². The monoisotopic (exact) mass is 221 g/mol. The zero-order valence-electron chi connectivity index (χ0n) is 9.36. The molecule has 2 rings (SSSR count). The molecule has 0 aliphatic carbocycles. The van der Waals surface area contributed by atoms with Gasteiger partial charge in [0.1, 0.15) is 11.7 Å². The second-order valence-corrected chi connectivity index (χ2v) is 4.14. The highest BCUT2D eigenvalue weighted by Crippen LogP contribution is 2.12. The van der Waals surface area contributed by atoms with Crippen molar-refractivity contribution < 1.29 is 4.39 Å². The Kier molecular flexibility index (Phi) is 3.19. The maximum absolute atomic E-state index is 13.1. The molecule has 1 unspecified atom stereocenters. The minimum absolute atomic E-state index is 0.0943. The Morgan fingerprint density at radius 1 is 1.56 bits per heavy atom. The summed E-state index contributed by atoms with van der Waals surface area (Å²) in [6, 6.07) is 6.63. The van der Waals surface area contributed by atoms with Crippen LogP contribution < -0.4 is 5.73 Å². The van der Waals surface area contributed by atoms with Crippen molar-refractivity contribution in [3.63, 3.8) is 0 Å². The smallest absolute Gasteiger partial charge is 0.131 e. The van der Waals surface area contributed by atoms with Crippen LogP contribution in [0.4, 0.5) is 4.39 Å². The minimum atomic E-state index is -0.229. The number of hydrogen-bond acceptors (Lipinski definition) is 3. The van der Waals surface area contributed by atoms with E-state index in [1.165, 1.54) is 12.1 Å². The van der Waals surface area contributed by atoms with Crippen molar-refractivity contribution in [2.75, 3.05) is 19.6 Å². The minimum Gasteiger partial charge on any atom is -0.353 e. The average Bonchev–Trinajstić information content (AvgIpc) is 2.65. The first kappa shape index (κ1) is 11.1. The highest BCUT2D eigenvalue weighted by Gasteiger charge is 2.19. The van der Waals surface area contributed by atoms with E-state index in [9.17, 15) is 4.39 Å². The van der Waals surface area contributed by atoms with Gasteiger partial charge in [0.2, 0.25) is 0 Å². The number of hydrogen-bond donors (Lipinski definition) is 1. The lowest BCUT2D eigenvalue weighted by Gasteiger charge is -2.22. The summed E-state index contributed by atoms with van der Waals surface area (Å²) < 4.78 is 13.1. The van der Waals surface area contributed by atoms with Gasteiger partial charge in [0.15, 0.2) is 0 Å². The fourth-order valence-electron chi connectivity index (χ4n) is 1.91. The molecule has 1 atom stereocenters. The number of benzene rings is 1. The van der Waals surface area contributed by atoms with Gasteiger partial charge in [-0.1, -0.05) is 12.1 Å². The summed E-state index contributed by atoms with van der Waals surface area (Å²) in [5.74, 6) is 0.629. The van der Waals surface area contributed by atoms with Gasteiger partial charge in [-0.2, -0.15) is 0 Å². The maximum atomic E-state index is 13.1. The Morgan fingerprint density at radius 2 is 2.38 bits per heavy atom. The summed E-state index contributed by atoms with van der Waals surface area (Å²) >= 11 is 0. The maximum Gasteiger partial charge on any atom is 0.131 e.